The molecule has 0 bridgehead atoms. The van der Waals surface area contributed by atoms with Gasteiger partial charge < -0.3 is 4.74 Å². The fourth-order valence-electron chi connectivity index (χ4n) is 1.18. The first kappa shape index (κ1) is 9.01. The molecule has 1 aromatic rings. The molecule has 1 aliphatic heterocycles. The summed E-state index contributed by atoms with van der Waals surface area (Å²) in [6.07, 6.45) is 0. The van der Waals surface area contributed by atoms with Gasteiger partial charge in [0.2, 0.25) is 0 Å². The van der Waals surface area contributed by atoms with E-state index in [9.17, 15) is 0 Å². The summed E-state index contributed by atoms with van der Waals surface area (Å²) >= 11 is 1.38. The fraction of sp³-hybridized carbons (Fsp3) is 0.714. The minimum absolute atomic E-state index is 0.760. The van der Waals surface area contributed by atoms with Crippen molar-refractivity contribution in [3.63, 3.8) is 0 Å². The summed E-state index contributed by atoms with van der Waals surface area (Å²) < 4.78 is 9.02. The summed E-state index contributed by atoms with van der Waals surface area (Å²) in [5.41, 5.74) is 4.28. The van der Waals surface area contributed by atoms with Gasteiger partial charge in [-0.25, -0.2) is 10.4 Å². The lowest BCUT2D eigenvalue weighted by Gasteiger charge is -2.26. The zero-order valence-corrected chi connectivity index (χ0v) is 8.09. The van der Waals surface area contributed by atoms with Crippen LogP contribution in [0, 0.1) is 0 Å². The molecule has 1 aliphatic rings. The summed E-state index contributed by atoms with van der Waals surface area (Å²) in [4.78, 5) is 0. The van der Waals surface area contributed by atoms with Gasteiger partial charge in [-0.3, -0.25) is 0 Å². The van der Waals surface area contributed by atoms with Gasteiger partial charge in [0.05, 0.1) is 25.5 Å². The second kappa shape index (κ2) is 4.61. The maximum atomic E-state index is 5.23. The van der Waals surface area contributed by atoms with E-state index in [1.807, 2.05) is 5.38 Å². The normalized spacial score (nSPS) is 19.1. The molecule has 0 amide bonds. The van der Waals surface area contributed by atoms with Crippen molar-refractivity contribution in [3.8, 4) is 0 Å². The first-order valence-electron chi connectivity index (χ1n) is 4.27. The Morgan fingerprint density at radius 2 is 2.38 bits per heavy atom. The first-order chi connectivity index (χ1) is 6.45. The molecular formula is C7H12N4OS. The SMILES string of the molecule is c1snnc1CNN1CCOCC1. The van der Waals surface area contributed by atoms with Crippen molar-refractivity contribution in [2.24, 2.45) is 0 Å². The van der Waals surface area contributed by atoms with Crippen LogP contribution in [0.25, 0.3) is 0 Å². The summed E-state index contributed by atoms with van der Waals surface area (Å²) in [5.74, 6) is 0. The second-order valence-electron chi connectivity index (χ2n) is 2.83. The second-order valence-corrected chi connectivity index (χ2v) is 3.44. The summed E-state index contributed by atoms with van der Waals surface area (Å²) in [5, 5.41) is 8.06. The van der Waals surface area contributed by atoms with E-state index in [2.05, 4.69) is 20.0 Å². The smallest absolute Gasteiger partial charge is 0.0907 e. The molecule has 1 N–H and O–H groups in total. The largest absolute Gasteiger partial charge is 0.379 e. The Morgan fingerprint density at radius 1 is 1.54 bits per heavy atom. The highest BCUT2D eigenvalue weighted by Gasteiger charge is 2.09. The predicted octanol–water partition coefficient (Wildman–Crippen LogP) is -0.125. The van der Waals surface area contributed by atoms with Crippen LogP contribution in [0.3, 0.4) is 0 Å². The Hall–Kier alpha value is -0.560. The quantitative estimate of drug-likeness (QED) is 0.737. The van der Waals surface area contributed by atoms with Crippen LogP contribution in [0.5, 0.6) is 0 Å². The minimum Gasteiger partial charge on any atom is -0.379 e. The van der Waals surface area contributed by atoms with E-state index in [1.165, 1.54) is 11.5 Å². The number of morpholine rings is 1. The highest BCUT2D eigenvalue weighted by atomic mass is 32.1. The van der Waals surface area contributed by atoms with E-state index in [1.54, 1.807) is 0 Å². The number of hydrogen-bond acceptors (Lipinski definition) is 6. The zero-order chi connectivity index (χ0) is 8.93. The average Bonchev–Trinajstić information content (AvgIpc) is 2.69. The van der Waals surface area contributed by atoms with Crippen molar-refractivity contribution in [3.05, 3.63) is 11.1 Å². The zero-order valence-electron chi connectivity index (χ0n) is 7.27. The molecule has 1 aromatic heterocycles. The summed E-state index contributed by atoms with van der Waals surface area (Å²) in [7, 11) is 0. The highest BCUT2D eigenvalue weighted by Crippen LogP contribution is 1.98. The maximum Gasteiger partial charge on any atom is 0.0907 e. The van der Waals surface area contributed by atoms with Crippen LogP contribution in [-0.2, 0) is 11.3 Å². The molecule has 0 aromatic carbocycles. The van der Waals surface area contributed by atoms with Crippen LogP contribution >= 0.6 is 11.5 Å². The Kier molecular flexibility index (Phi) is 3.20. The number of hydrogen-bond donors (Lipinski definition) is 1. The summed E-state index contributed by atoms with van der Waals surface area (Å²) in [6.45, 7) is 4.26. The lowest BCUT2D eigenvalue weighted by molar-refractivity contribution is 0.0103. The Morgan fingerprint density at radius 3 is 3.08 bits per heavy atom. The third-order valence-electron chi connectivity index (χ3n) is 1.90. The van der Waals surface area contributed by atoms with Crippen LogP contribution in [-0.4, -0.2) is 40.9 Å². The molecule has 2 heterocycles. The van der Waals surface area contributed by atoms with Crippen LogP contribution in [0.15, 0.2) is 5.38 Å². The third kappa shape index (κ3) is 2.70. The molecular weight excluding hydrogens is 188 g/mol. The topological polar surface area (TPSA) is 50.3 Å². The van der Waals surface area contributed by atoms with Gasteiger partial charge in [-0.15, -0.1) is 5.10 Å². The van der Waals surface area contributed by atoms with Crippen molar-refractivity contribution in [2.75, 3.05) is 26.3 Å². The lowest BCUT2D eigenvalue weighted by atomic mass is 10.5. The Balaban J connectivity index is 1.72. The molecule has 1 saturated heterocycles. The van der Waals surface area contributed by atoms with E-state index in [4.69, 9.17) is 4.74 Å². The van der Waals surface area contributed by atoms with Gasteiger partial charge in [0.15, 0.2) is 0 Å². The number of nitrogens with one attached hydrogen (secondary N) is 1. The number of nitrogens with zero attached hydrogens (tertiary/aromatic N) is 3. The molecule has 6 heteroatoms. The van der Waals surface area contributed by atoms with Crippen LogP contribution < -0.4 is 5.43 Å². The van der Waals surface area contributed by atoms with Crippen molar-refractivity contribution < 1.29 is 4.74 Å². The maximum absolute atomic E-state index is 5.23. The van der Waals surface area contributed by atoms with Crippen molar-refractivity contribution >= 4 is 11.5 Å². The molecule has 0 aliphatic carbocycles. The van der Waals surface area contributed by atoms with Gasteiger partial charge in [-0.05, 0) is 11.5 Å². The van der Waals surface area contributed by atoms with Gasteiger partial charge in [0.1, 0.15) is 0 Å². The molecule has 72 valence electrons. The third-order valence-corrected chi connectivity index (χ3v) is 2.45. The van der Waals surface area contributed by atoms with E-state index >= 15 is 0 Å². The number of ether oxygens (including phenoxy) is 1. The average molecular weight is 200 g/mol. The standard InChI is InChI=1S/C7H12N4OS/c1-3-12-4-2-11(1)8-5-7-6-13-10-9-7/h6,8H,1-5H2. The van der Waals surface area contributed by atoms with Crippen LogP contribution in [0.2, 0.25) is 0 Å². The van der Waals surface area contributed by atoms with E-state index in [0.717, 1.165) is 38.5 Å². The molecule has 0 radical (unpaired) electrons. The Labute approximate surface area is 80.8 Å². The molecule has 0 unspecified atom stereocenters. The fourth-order valence-corrected chi connectivity index (χ4v) is 1.63. The molecule has 1 fully saturated rings. The lowest BCUT2D eigenvalue weighted by Crippen LogP contribution is -2.45. The van der Waals surface area contributed by atoms with Gasteiger partial charge in [0.25, 0.3) is 0 Å². The van der Waals surface area contributed by atoms with Gasteiger partial charge in [-0.1, -0.05) is 4.49 Å². The minimum atomic E-state index is 0.760. The van der Waals surface area contributed by atoms with Crippen molar-refractivity contribution in [1.82, 2.24) is 20.0 Å². The van der Waals surface area contributed by atoms with Crippen LogP contribution in [0.1, 0.15) is 5.69 Å². The Bertz CT molecular complexity index is 235. The van der Waals surface area contributed by atoms with Gasteiger partial charge >= 0.3 is 0 Å². The van der Waals surface area contributed by atoms with E-state index in [0.29, 0.717) is 0 Å². The molecule has 13 heavy (non-hydrogen) atoms. The van der Waals surface area contributed by atoms with Gasteiger partial charge in [0, 0.05) is 18.5 Å². The van der Waals surface area contributed by atoms with E-state index in [-0.39, 0.29) is 0 Å². The van der Waals surface area contributed by atoms with Crippen LogP contribution in [0.4, 0.5) is 0 Å². The van der Waals surface area contributed by atoms with E-state index < -0.39 is 0 Å². The number of aromatic nitrogens is 2. The molecule has 0 saturated carbocycles. The van der Waals surface area contributed by atoms with Crippen molar-refractivity contribution in [2.45, 2.75) is 6.54 Å². The molecule has 5 nitrogen and oxygen atoms in total. The van der Waals surface area contributed by atoms with Gasteiger partial charge in [-0.2, -0.15) is 0 Å². The first-order valence-corrected chi connectivity index (χ1v) is 5.11. The number of rotatable bonds is 3. The molecule has 0 spiro atoms. The number of hydrazine groups is 1. The van der Waals surface area contributed by atoms with Crippen molar-refractivity contribution in [1.29, 1.82) is 0 Å². The molecule has 2 rings (SSSR count). The monoisotopic (exact) mass is 200 g/mol. The predicted molar refractivity (Wildman–Crippen MR) is 49.1 cm³/mol. The summed E-state index contributed by atoms with van der Waals surface area (Å²) in [6, 6.07) is 0. The highest BCUT2D eigenvalue weighted by molar-refractivity contribution is 7.03. The molecule has 0 atom stereocenters.